The number of nitrogens with zero attached hydrogens (tertiary/aromatic N) is 4. The summed E-state index contributed by atoms with van der Waals surface area (Å²) in [7, 11) is -3.58. The molecule has 2 aliphatic heterocycles. The van der Waals surface area contributed by atoms with E-state index in [4.69, 9.17) is 9.47 Å². The van der Waals surface area contributed by atoms with Gasteiger partial charge >= 0.3 is 11.8 Å². The maximum atomic E-state index is 13.1. The number of fused-ring (bicyclic) bond motifs is 1. The normalized spacial score (nSPS) is 20.8. The van der Waals surface area contributed by atoms with Crippen LogP contribution in [0.4, 0.5) is 5.82 Å². The first-order valence-corrected chi connectivity index (χ1v) is 12.9. The number of piperidine rings is 1. The van der Waals surface area contributed by atoms with Crippen LogP contribution >= 0.6 is 0 Å². The van der Waals surface area contributed by atoms with E-state index >= 15 is 0 Å². The summed E-state index contributed by atoms with van der Waals surface area (Å²) in [6, 6.07) is 16.8. The molecule has 35 heavy (non-hydrogen) atoms. The Kier molecular flexibility index (Phi) is 5.97. The average Bonchev–Trinajstić information content (AvgIpc) is 3.39. The molecule has 0 radical (unpaired) electrons. The molecule has 5 rings (SSSR count). The molecule has 10 nitrogen and oxygen atoms in total. The number of sulfonamides is 1. The third kappa shape index (κ3) is 4.73. The molecule has 1 aromatic heterocycles. The van der Waals surface area contributed by atoms with Crippen LogP contribution in [0, 0.1) is 10.1 Å². The number of hydrogen-bond acceptors (Lipinski definition) is 7. The van der Waals surface area contributed by atoms with Gasteiger partial charge in [-0.25, -0.2) is 8.42 Å². The number of nitro groups is 1. The van der Waals surface area contributed by atoms with Crippen molar-refractivity contribution in [1.29, 1.82) is 0 Å². The van der Waals surface area contributed by atoms with Gasteiger partial charge in [-0.1, -0.05) is 30.3 Å². The lowest BCUT2D eigenvalue weighted by Gasteiger charge is -2.31. The Morgan fingerprint density at radius 3 is 2.46 bits per heavy atom. The first-order chi connectivity index (χ1) is 16.7. The van der Waals surface area contributed by atoms with Crippen molar-refractivity contribution in [2.75, 3.05) is 19.7 Å². The van der Waals surface area contributed by atoms with Gasteiger partial charge in [-0.05, 0) is 60.4 Å². The van der Waals surface area contributed by atoms with Gasteiger partial charge in [-0.2, -0.15) is 4.31 Å². The van der Waals surface area contributed by atoms with Gasteiger partial charge in [0, 0.05) is 18.1 Å². The van der Waals surface area contributed by atoms with Crippen molar-refractivity contribution in [2.45, 2.75) is 42.7 Å². The summed E-state index contributed by atoms with van der Waals surface area (Å²) in [5.41, 5.74) is 0.512. The Morgan fingerprint density at radius 2 is 1.83 bits per heavy atom. The van der Waals surface area contributed by atoms with Crippen molar-refractivity contribution in [3.8, 4) is 11.8 Å². The van der Waals surface area contributed by atoms with Gasteiger partial charge < -0.3 is 19.6 Å². The summed E-state index contributed by atoms with van der Waals surface area (Å²) in [5, 5.41) is 10.9. The molecule has 1 saturated heterocycles. The molecule has 1 atom stereocenters. The fourth-order valence-corrected chi connectivity index (χ4v) is 6.07. The highest BCUT2D eigenvalue weighted by Gasteiger charge is 2.41. The van der Waals surface area contributed by atoms with Gasteiger partial charge in [0.25, 0.3) is 0 Å². The van der Waals surface area contributed by atoms with Crippen LogP contribution in [-0.2, 0) is 16.6 Å². The number of rotatable bonds is 7. The molecule has 0 spiro atoms. The van der Waals surface area contributed by atoms with Crippen LogP contribution in [0.2, 0.25) is 0 Å². The van der Waals surface area contributed by atoms with Crippen LogP contribution in [0.25, 0.3) is 0 Å². The third-order valence-corrected chi connectivity index (χ3v) is 8.40. The first kappa shape index (κ1) is 23.3. The summed E-state index contributed by atoms with van der Waals surface area (Å²) in [6.45, 7) is 3.33. The van der Waals surface area contributed by atoms with E-state index in [2.05, 4.69) is 17.1 Å². The average molecular weight is 499 g/mol. The molecule has 0 unspecified atom stereocenters. The van der Waals surface area contributed by atoms with E-state index in [0.29, 0.717) is 31.3 Å². The minimum atomic E-state index is -3.58. The Balaban J connectivity index is 1.17. The SMILES string of the molecule is C[C@]1(COc2ccc(S(=O)(=O)N3CCC(c4ccccc4)CC3)cc2)Cn2cc([N+](=O)[O-])nc2O1. The van der Waals surface area contributed by atoms with Crippen molar-refractivity contribution < 1.29 is 22.8 Å². The van der Waals surface area contributed by atoms with Crippen molar-refractivity contribution in [3.63, 3.8) is 0 Å². The summed E-state index contributed by atoms with van der Waals surface area (Å²) in [4.78, 5) is 14.4. The van der Waals surface area contributed by atoms with Crippen molar-refractivity contribution in [1.82, 2.24) is 13.9 Å². The Morgan fingerprint density at radius 1 is 1.14 bits per heavy atom. The summed E-state index contributed by atoms with van der Waals surface area (Å²) in [6.07, 6.45) is 2.93. The van der Waals surface area contributed by atoms with E-state index in [1.54, 1.807) is 33.1 Å². The molecule has 1 fully saturated rings. The molecule has 0 N–H and O–H groups in total. The van der Waals surface area contributed by atoms with E-state index < -0.39 is 20.5 Å². The fraction of sp³-hybridized carbons (Fsp3) is 0.375. The molecule has 0 saturated carbocycles. The lowest BCUT2D eigenvalue weighted by Crippen LogP contribution is -2.38. The molecule has 3 aromatic rings. The zero-order chi connectivity index (χ0) is 24.6. The number of ether oxygens (including phenoxy) is 2. The van der Waals surface area contributed by atoms with Crippen LogP contribution in [0.5, 0.6) is 11.8 Å². The van der Waals surface area contributed by atoms with Gasteiger partial charge in [0.1, 0.15) is 18.6 Å². The quantitative estimate of drug-likeness (QED) is 0.361. The van der Waals surface area contributed by atoms with Gasteiger partial charge in [-0.15, -0.1) is 0 Å². The second-order valence-electron chi connectivity index (χ2n) is 9.17. The summed E-state index contributed by atoms with van der Waals surface area (Å²) in [5.74, 6) is 0.622. The highest BCUT2D eigenvalue weighted by molar-refractivity contribution is 7.89. The number of imidazole rings is 1. The second-order valence-corrected chi connectivity index (χ2v) is 11.1. The standard InChI is InChI=1S/C24H26N4O6S/c1-24(16-26-15-22(28(29)30)25-23(26)34-24)17-33-20-7-9-21(10-8-20)35(31,32)27-13-11-19(12-14-27)18-5-3-2-4-6-18/h2-10,15,19H,11-14,16-17H2,1H3/t24-/m1/s1. The van der Waals surface area contributed by atoms with E-state index in [1.165, 1.54) is 11.8 Å². The highest BCUT2D eigenvalue weighted by Crippen LogP contribution is 2.33. The topological polar surface area (TPSA) is 117 Å². The van der Waals surface area contributed by atoms with Crippen LogP contribution in [0.1, 0.15) is 31.2 Å². The fourth-order valence-electron chi connectivity index (χ4n) is 4.60. The van der Waals surface area contributed by atoms with Crippen molar-refractivity contribution in [3.05, 3.63) is 76.5 Å². The maximum absolute atomic E-state index is 13.1. The second kappa shape index (κ2) is 8.97. The third-order valence-electron chi connectivity index (χ3n) is 6.49. The van der Waals surface area contributed by atoms with Gasteiger partial charge in [-0.3, -0.25) is 4.57 Å². The zero-order valence-electron chi connectivity index (χ0n) is 19.2. The van der Waals surface area contributed by atoms with Gasteiger partial charge in [0.05, 0.1) is 11.4 Å². The predicted molar refractivity (Wildman–Crippen MR) is 127 cm³/mol. The van der Waals surface area contributed by atoms with E-state index in [-0.39, 0.29) is 23.3 Å². The van der Waals surface area contributed by atoms with Crippen LogP contribution < -0.4 is 9.47 Å². The number of benzene rings is 2. The van der Waals surface area contributed by atoms with Crippen LogP contribution in [-0.4, -0.2) is 52.5 Å². The number of aromatic nitrogens is 2. The lowest BCUT2D eigenvalue weighted by molar-refractivity contribution is -0.389. The Bertz CT molecular complexity index is 1290. The van der Waals surface area contributed by atoms with Crippen molar-refractivity contribution in [2.24, 2.45) is 0 Å². The lowest BCUT2D eigenvalue weighted by atomic mass is 9.90. The minimum Gasteiger partial charge on any atom is -0.489 e. The smallest absolute Gasteiger partial charge is 0.415 e. The molecule has 2 aromatic carbocycles. The highest BCUT2D eigenvalue weighted by atomic mass is 32.2. The molecule has 0 bridgehead atoms. The van der Waals surface area contributed by atoms with Crippen LogP contribution in [0.3, 0.4) is 0 Å². The predicted octanol–water partition coefficient (Wildman–Crippen LogP) is 3.59. The van der Waals surface area contributed by atoms with E-state index in [0.717, 1.165) is 12.8 Å². The molecule has 11 heteroatoms. The molecular weight excluding hydrogens is 472 g/mol. The van der Waals surface area contributed by atoms with E-state index in [9.17, 15) is 18.5 Å². The van der Waals surface area contributed by atoms with Crippen molar-refractivity contribution >= 4 is 15.8 Å². The molecule has 2 aliphatic rings. The monoisotopic (exact) mass is 498 g/mol. The Hall–Kier alpha value is -3.44. The minimum absolute atomic E-state index is 0.170. The molecule has 184 valence electrons. The number of hydrogen-bond donors (Lipinski definition) is 0. The zero-order valence-corrected chi connectivity index (χ0v) is 20.1. The Labute approximate surface area is 203 Å². The first-order valence-electron chi connectivity index (χ1n) is 11.4. The molecule has 3 heterocycles. The maximum Gasteiger partial charge on any atom is 0.415 e. The summed E-state index contributed by atoms with van der Waals surface area (Å²) >= 11 is 0. The van der Waals surface area contributed by atoms with Crippen LogP contribution in [0.15, 0.2) is 65.7 Å². The van der Waals surface area contributed by atoms with E-state index in [1.807, 2.05) is 25.1 Å². The van der Waals surface area contributed by atoms with Gasteiger partial charge in [0.2, 0.25) is 10.0 Å². The molecular formula is C24H26N4O6S. The van der Waals surface area contributed by atoms with Gasteiger partial charge in [0.15, 0.2) is 5.60 Å². The largest absolute Gasteiger partial charge is 0.489 e. The summed E-state index contributed by atoms with van der Waals surface area (Å²) < 4.78 is 41.0. The molecule has 0 amide bonds. The molecule has 0 aliphatic carbocycles.